The molecule has 4 rings (SSSR count). The molecule has 146 valence electrons. The van der Waals surface area contributed by atoms with Gasteiger partial charge in [-0.1, -0.05) is 12.1 Å². The molecule has 1 aromatic rings. The van der Waals surface area contributed by atoms with Crippen LogP contribution in [-0.4, -0.2) is 29.6 Å². The Balaban J connectivity index is 1.36. The van der Waals surface area contributed by atoms with Crippen molar-refractivity contribution in [2.75, 3.05) is 18.4 Å². The number of rotatable bonds is 5. The molecule has 3 aliphatic rings. The Morgan fingerprint density at radius 1 is 1.04 bits per heavy atom. The molecule has 0 bridgehead atoms. The van der Waals surface area contributed by atoms with Crippen LogP contribution in [-0.2, 0) is 25.7 Å². The zero-order chi connectivity index (χ0) is 18.9. The molecule has 4 nitrogen and oxygen atoms in total. The number of aryl methyl sites for hydroxylation is 2. The molecule has 0 atom stereocenters. The molecule has 27 heavy (non-hydrogen) atoms. The molecule has 1 heterocycles. The van der Waals surface area contributed by atoms with E-state index in [0.29, 0.717) is 0 Å². The first-order valence-electron chi connectivity index (χ1n) is 10.4. The lowest BCUT2D eigenvalue weighted by Gasteiger charge is -2.32. The van der Waals surface area contributed by atoms with Gasteiger partial charge in [0.2, 0.25) is 0 Å². The van der Waals surface area contributed by atoms with Crippen molar-refractivity contribution in [3.05, 3.63) is 39.8 Å². The van der Waals surface area contributed by atoms with E-state index in [1.54, 1.807) is 0 Å². The molecule has 0 aromatic heterocycles. The van der Waals surface area contributed by atoms with Crippen LogP contribution in [0.4, 0.5) is 10.5 Å². The van der Waals surface area contributed by atoms with Crippen molar-refractivity contribution in [3.8, 4) is 0 Å². The molecular weight excluding hydrogens is 354 g/mol. The summed E-state index contributed by atoms with van der Waals surface area (Å²) < 4.78 is 2.94. The Morgan fingerprint density at radius 3 is 2.30 bits per heavy atom. The van der Waals surface area contributed by atoms with Gasteiger partial charge in [0.1, 0.15) is 0 Å². The lowest BCUT2D eigenvalue weighted by Crippen LogP contribution is -2.40. The Morgan fingerprint density at radius 2 is 1.67 bits per heavy atom. The largest absolute Gasteiger partial charge is 0.329 e. The average molecular weight is 386 g/mol. The first-order chi connectivity index (χ1) is 13.0. The highest BCUT2D eigenvalue weighted by Gasteiger charge is 2.27. The van der Waals surface area contributed by atoms with E-state index in [2.05, 4.69) is 40.9 Å². The van der Waals surface area contributed by atoms with Crippen LogP contribution in [0.5, 0.6) is 0 Å². The first kappa shape index (κ1) is 18.9. The smallest absolute Gasteiger partial charge is 0.307 e. The summed E-state index contributed by atoms with van der Waals surface area (Å²) in [5.41, 5.74) is 6.81. The monoisotopic (exact) mass is 385 g/mol. The van der Waals surface area contributed by atoms with Crippen molar-refractivity contribution < 1.29 is 4.79 Å². The minimum atomic E-state index is -0.113. The number of nitrogens with zero attached hydrogens (tertiary/aromatic N) is 1. The fraction of sp³-hybridized carbons (Fsp3) is 0.591. The Hall–Kier alpha value is -1.46. The van der Waals surface area contributed by atoms with E-state index >= 15 is 0 Å². The van der Waals surface area contributed by atoms with Gasteiger partial charge in [-0.05, 0) is 118 Å². The van der Waals surface area contributed by atoms with Gasteiger partial charge in [0.15, 0.2) is 0 Å². The molecule has 0 unspecified atom stereocenters. The van der Waals surface area contributed by atoms with Gasteiger partial charge in [-0.3, -0.25) is 9.62 Å². The molecular formula is C22H31N3OS. The van der Waals surface area contributed by atoms with Crippen molar-refractivity contribution in [1.82, 2.24) is 9.62 Å². The third-order valence-electron chi connectivity index (χ3n) is 6.33. The summed E-state index contributed by atoms with van der Waals surface area (Å²) in [6.45, 7) is 6.82. The minimum absolute atomic E-state index is 0.0444. The third kappa shape index (κ3) is 4.04. The standard InChI is InChI=1S/C22H31N3OS/c1-22(2,25-12-3-4-13-25)11-14-27-24-21(26)23-20-18-9-5-7-16(18)15-17-8-6-10-19(17)20/h11,14-15H,3-10,12-13H2,1-2H3,(H2,23,24,26)/b14-11+. The van der Waals surface area contributed by atoms with Crippen molar-refractivity contribution in [2.45, 2.75) is 70.8 Å². The van der Waals surface area contributed by atoms with Crippen LogP contribution in [0.15, 0.2) is 17.6 Å². The van der Waals surface area contributed by atoms with Crippen LogP contribution in [0, 0.1) is 0 Å². The van der Waals surface area contributed by atoms with Crippen LogP contribution in [0.2, 0.25) is 0 Å². The minimum Gasteiger partial charge on any atom is -0.307 e. The maximum Gasteiger partial charge on any atom is 0.329 e. The van der Waals surface area contributed by atoms with Gasteiger partial charge in [0.05, 0.1) is 0 Å². The molecule has 5 heteroatoms. The second-order valence-corrected chi connectivity index (χ2v) is 9.27. The van der Waals surface area contributed by atoms with Gasteiger partial charge in [-0.25, -0.2) is 4.79 Å². The number of benzene rings is 1. The summed E-state index contributed by atoms with van der Waals surface area (Å²) in [6.07, 6.45) is 11.7. The number of hydrogen-bond donors (Lipinski definition) is 2. The zero-order valence-corrected chi connectivity index (χ0v) is 17.4. The molecule has 1 saturated heterocycles. The van der Waals surface area contributed by atoms with Crippen LogP contribution in [0.25, 0.3) is 0 Å². The maximum atomic E-state index is 12.5. The van der Waals surface area contributed by atoms with E-state index in [1.807, 2.05) is 5.41 Å². The van der Waals surface area contributed by atoms with E-state index in [-0.39, 0.29) is 11.6 Å². The second kappa shape index (κ2) is 7.88. The first-order valence-corrected chi connectivity index (χ1v) is 11.2. The second-order valence-electron chi connectivity index (χ2n) is 8.56. The lowest BCUT2D eigenvalue weighted by molar-refractivity contribution is 0.204. The number of anilines is 1. The molecule has 1 aliphatic heterocycles. The van der Waals surface area contributed by atoms with Gasteiger partial charge in [-0.15, -0.1) is 0 Å². The highest BCUT2D eigenvalue weighted by Crippen LogP contribution is 2.38. The highest BCUT2D eigenvalue weighted by atomic mass is 32.2. The summed E-state index contributed by atoms with van der Waals surface area (Å²) in [6, 6.07) is 2.28. The van der Waals surface area contributed by atoms with Crippen LogP contribution >= 0.6 is 11.9 Å². The fourth-order valence-electron chi connectivity index (χ4n) is 4.79. The van der Waals surface area contributed by atoms with E-state index in [0.717, 1.165) is 31.4 Å². The summed E-state index contributed by atoms with van der Waals surface area (Å²) >= 11 is 1.36. The van der Waals surface area contributed by atoms with Crippen molar-refractivity contribution in [3.63, 3.8) is 0 Å². The van der Waals surface area contributed by atoms with E-state index in [9.17, 15) is 4.79 Å². The highest BCUT2D eigenvalue weighted by molar-refractivity contribution is 8.00. The van der Waals surface area contributed by atoms with Crippen LogP contribution < -0.4 is 10.0 Å². The number of fused-ring (bicyclic) bond motifs is 2. The van der Waals surface area contributed by atoms with Crippen molar-refractivity contribution in [2.24, 2.45) is 0 Å². The van der Waals surface area contributed by atoms with Gasteiger partial charge >= 0.3 is 6.03 Å². The summed E-state index contributed by atoms with van der Waals surface area (Å²) in [5, 5.41) is 5.19. The molecule has 2 aliphatic carbocycles. The number of nitrogens with one attached hydrogen (secondary N) is 2. The van der Waals surface area contributed by atoms with Crippen molar-refractivity contribution in [1.29, 1.82) is 0 Å². The number of likely N-dealkylation sites (tertiary alicyclic amines) is 1. The number of carbonyl (C=O) groups is 1. The predicted molar refractivity (Wildman–Crippen MR) is 114 cm³/mol. The molecule has 1 aromatic carbocycles. The quantitative estimate of drug-likeness (QED) is 0.714. The van der Waals surface area contributed by atoms with E-state index in [4.69, 9.17) is 0 Å². The Kier molecular flexibility index (Phi) is 5.51. The number of carbonyl (C=O) groups excluding carboxylic acids is 1. The SMILES string of the molecule is CC(C)(/C=C/SNC(=O)Nc1c2c(cc3c1CCC3)CCC2)N1CCCC1. The normalized spacial score (nSPS) is 19.5. The molecule has 1 fully saturated rings. The van der Waals surface area contributed by atoms with Gasteiger partial charge < -0.3 is 5.32 Å². The summed E-state index contributed by atoms with van der Waals surface area (Å²) in [7, 11) is 0. The topological polar surface area (TPSA) is 44.4 Å². The number of urea groups is 1. The van der Waals surface area contributed by atoms with Gasteiger partial charge in [0, 0.05) is 11.2 Å². The van der Waals surface area contributed by atoms with Gasteiger partial charge in [-0.2, -0.15) is 0 Å². The molecule has 0 spiro atoms. The fourth-order valence-corrected chi connectivity index (χ4v) is 5.42. The molecule has 2 N–H and O–H groups in total. The summed E-state index contributed by atoms with van der Waals surface area (Å²) in [4.78, 5) is 15.0. The third-order valence-corrected chi connectivity index (χ3v) is 6.90. The maximum absolute atomic E-state index is 12.5. The lowest BCUT2D eigenvalue weighted by atomic mass is 9.99. The zero-order valence-electron chi connectivity index (χ0n) is 16.6. The van der Waals surface area contributed by atoms with Crippen LogP contribution in [0.3, 0.4) is 0 Å². The Bertz CT molecular complexity index is 718. The Labute approximate surface area is 167 Å². The van der Waals surface area contributed by atoms with Gasteiger partial charge in [0.25, 0.3) is 0 Å². The van der Waals surface area contributed by atoms with E-state index in [1.165, 1.54) is 73.0 Å². The predicted octanol–water partition coefficient (Wildman–Crippen LogP) is 4.82. The number of hydrogen-bond acceptors (Lipinski definition) is 3. The van der Waals surface area contributed by atoms with Crippen molar-refractivity contribution >= 4 is 23.7 Å². The van der Waals surface area contributed by atoms with E-state index < -0.39 is 0 Å². The average Bonchev–Trinajstić information content (AvgIpc) is 3.38. The molecule has 2 amide bonds. The number of amides is 2. The molecule has 0 saturated carbocycles. The van der Waals surface area contributed by atoms with Crippen LogP contribution in [0.1, 0.15) is 61.8 Å². The summed E-state index contributed by atoms with van der Waals surface area (Å²) in [5.74, 6) is 0. The molecule has 0 radical (unpaired) electrons.